The van der Waals surface area contributed by atoms with E-state index in [9.17, 15) is 14.7 Å². The molecule has 0 bridgehead atoms. The van der Waals surface area contributed by atoms with E-state index in [1.54, 1.807) is 36.2 Å². The van der Waals surface area contributed by atoms with E-state index < -0.39 is 6.04 Å². The molecule has 10 nitrogen and oxygen atoms in total. The van der Waals surface area contributed by atoms with E-state index in [4.69, 9.17) is 0 Å². The van der Waals surface area contributed by atoms with Crippen LogP contribution in [0.5, 0.6) is 5.75 Å². The molecule has 1 unspecified atom stereocenters. The number of hydrogen-bond acceptors (Lipinski definition) is 7. The molecule has 59 heavy (non-hydrogen) atoms. The third kappa shape index (κ3) is 7.56. The SMILES string of the molecule is C[C@@H]1Cc2ccccc2CN1C(=O)c1cc2c(cc1-c1cc(C(=O)N(C)c3ccc(O)cc3)c3n1CCCC3)CCNC2C(=O)Cc1ccc(N2CCN(C)CC2)cc1. The molecule has 5 aromatic rings. The molecule has 2 amide bonds. The Bertz CT molecular complexity index is 2390. The Labute approximate surface area is 347 Å². The minimum Gasteiger partial charge on any atom is -0.508 e. The van der Waals surface area contributed by atoms with E-state index in [1.807, 2.05) is 23.1 Å². The lowest BCUT2D eigenvalue weighted by molar-refractivity contribution is -0.120. The second-order valence-electron chi connectivity index (χ2n) is 17.0. The Morgan fingerprint density at radius 2 is 1.56 bits per heavy atom. The number of aromatic hydroxyl groups is 1. The van der Waals surface area contributed by atoms with Gasteiger partial charge in [-0.05, 0) is 128 Å². The van der Waals surface area contributed by atoms with E-state index in [1.165, 1.54) is 11.3 Å². The van der Waals surface area contributed by atoms with Crippen LogP contribution < -0.4 is 15.1 Å². The van der Waals surface area contributed by atoms with Crippen LogP contribution in [-0.2, 0) is 43.6 Å². The normalized spacial score (nSPS) is 19.1. The van der Waals surface area contributed by atoms with Gasteiger partial charge in [-0.2, -0.15) is 0 Å². The lowest BCUT2D eigenvalue weighted by Crippen LogP contribution is -2.44. The molecule has 0 aliphatic carbocycles. The third-order valence-corrected chi connectivity index (χ3v) is 13.1. The zero-order chi connectivity index (χ0) is 40.8. The average Bonchev–Trinajstić information content (AvgIpc) is 3.65. The monoisotopic (exact) mass is 790 g/mol. The third-order valence-electron chi connectivity index (χ3n) is 13.1. The Hall–Kier alpha value is -5.71. The number of Topliss-reactive ketones (excluding diaryl/α,β-unsaturated/α-hetero) is 1. The van der Waals surface area contributed by atoms with Crippen LogP contribution in [0, 0.1) is 0 Å². The summed E-state index contributed by atoms with van der Waals surface area (Å²) in [5.74, 6) is 0.0197. The summed E-state index contributed by atoms with van der Waals surface area (Å²) >= 11 is 0. The first-order valence-electron chi connectivity index (χ1n) is 21.3. The molecule has 4 aliphatic heterocycles. The zero-order valence-corrected chi connectivity index (χ0v) is 34.4. The van der Waals surface area contributed by atoms with Crippen molar-refractivity contribution in [2.75, 3.05) is 56.6 Å². The predicted octanol–water partition coefficient (Wildman–Crippen LogP) is 6.81. The highest BCUT2D eigenvalue weighted by atomic mass is 16.3. The largest absolute Gasteiger partial charge is 0.508 e. The van der Waals surface area contributed by atoms with Gasteiger partial charge in [0, 0.05) is 99.2 Å². The first-order chi connectivity index (χ1) is 28.6. The molecule has 10 heteroatoms. The number of phenols is 1. The van der Waals surface area contributed by atoms with Crippen LogP contribution in [0.2, 0.25) is 0 Å². The number of likely N-dealkylation sites (N-methyl/N-ethyl adjacent to an activating group) is 1. The minimum atomic E-state index is -0.548. The number of benzene rings is 4. The van der Waals surface area contributed by atoms with Crippen LogP contribution in [0.1, 0.15) is 80.0 Å². The van der Waals surface area contributed by atoms with Crippen LogP contribution in [0.15, 0.2) is 91.0 Å². The summed E-state index contributed by atoms with van der Waals surface area (Å²) in [6, 6.07) is 29.0. The van der Waals surface area contributed by atoms with Gasteiger partial charge in [-0.3, -0.25) is 14.4 Å². The Morgan fingerprint density at radius 3 is 2.32 bits per heavy atom. The van der Waals surface area contributed by atoms with Gasteiger partial charge in [0.25, 0.3) is 11.8 Å². The average molecular weight is 791 g/mol. The Kier molecular flexibility index (Phi) is 10.6. The van der Waals surface area contributed by atoms with Crippen molar-refractivity contribution < 1.29 is 19.5 Å². The molecular formula is C49H54N6O4. The fraction of sp³-hybridized carbons (Fsp3) is 0.367. The predicted molar refractivity (Wildman–Crippen MR) is 232 cm³/mol. The molecular weight excluding hydrogens is 737 g/mol. The summed E-state index contributed by atoms with van der Waals surface area (Å²) in [6.07, 6.45) is 4.48. The molecule has 0 saturated carbocycles. The highest BCUT2D eigenvalue weighted by molar-refractivity contribution is 6.08. The second kappa shape index (κ2) is 16.2. The fourth-order valence-electron chi connectivity index (χ4n) is 9.64. The maximum atomic E-state index is 15.2. The van der Waals surface area contributed by atoms with Crippen LogP contribution in [-0.4, -0.2) is 89.9 Å². The van der Waals surface area contributed by atoms with Crippen LogP contribution in [0.25, 0.3) is 11.3 Å². The van der Waals surface area contributed by atoms with Crippen molar-refractivity contribution in [1.82, 2.24) is 19.7 Å². The van der Waals surface area contributed by atoms with Crippen molar-refractivity contribution in [2.45, 2.75) is 70.6 Å². The summed E-state index contributed by atoms with van der Waals surface area (Å²) in [5, 5.41) is 13.4. The summed E-state index contributed by atoms with van der Waals surface area (Å²) < 4.78 is 2.25. The van der Waals surface area contributed by atoms with Crippen molar-refractivity contribution >= 4 is 29.0 Å². The van der Waals surface area contributed by atoms with Gasteiger partial charge >= 0.3 is 0 Å². The fourth-order valence-corrected chi connectivity index (χ4v) is 9.64. The topological polar surface area (TPSA) is 101 Å². The number of carbonyl (C=O) groups excluding carboxylic acids is 3. The smallest absolute Gasteiger partial charge is 0.259 e. The standard InChI is InChI=1S/C49H54N6O4/c1-32-26-34-8-4-5-9-36(34)31-55(32)49(59)42-29-40-35(19-20-50-47(40)46(57)27-33-11-13-38(14-12-33)53-24-22-51(2)23-25-53)28-41(42)45-30-43(44-10-6-7-21-54(44)45)48(58)52(3)37-15-17-39(56)18-16-37/h4-5,8-9,11-18,28-30,32,47,50,56H,6-7,10,19-27,31H2,1-3H3/t32-,47?/m1/s1. The van der Waals surface area contributed by atoms with Gasteiger partial charge in [0.2, 0.25) is 0 Å². The molecule has 9 rings (SSSR count). The summed E-state index contributed by atoms with van der Waals surface area (Å²) in [5.41, 5.74) is 11.0. The number of fused-ring (bicyclic) bond motifs is 3. The van der Waals surface area contributed by atoms with Crippen molar-refractivity contribution in [3.05, 3.63) is 136 Å². The molecule has 0 radical (unpaired) electrons. The first-order valence-corrected chi connectivity index (χ1v) is 21.3. The number of anilines is 2. The molecule has 5 heterocycles. The van der Waals surface area contributed by atoms with E-state index in [2.05, 4.69) is 82.2 Å². The number of rotatable bonds is 8. The number of nitrogens with one attached hydrogen (secondary N) is 1. The van der Waals surface area contributed by atoms with Gasteiger partial charge in [0.15, 0.2) is 5.78 Å². The molecule has 4 aromatic carbocycles. The number of aromatic nitrogens is 1. The van der Waals surface area contributed by atoms with Crippen molar-refractivity contribution in [3.63, 3.8) is 0 Å². The molecule has 1 fully saturated rings. The molecule has 1 saturated heterocycles. The summed E-state index contributed by atoms with van der Waals surface area (Å²) in [4.78, 5) is 52.2. The quantitative estimate of drug-likeness (QED) is 0.178. The maximum absolute atomic E-state index is 15.2. The van der Waals surface area contributed by atoms with Crippen molar-refractivity contribution in [2.24, 2.45) is 0 Å². The maximum Gasteiger partial charge on any atom is 0.259 e. The number of nitrogens with zero attached hydrogens (tertiary/aromatic N) is 5. The lowest BCUT2D eigenvalue weighted by Gasteiger charge is -2.36. The lowest BCUT2D eigenvalue weighted by atomic mass is 9.85. The molecule has 1 aromatic heterocycles. The van der Waals surface area contributed by atoms with Crippen LogP contribution in [0.3, 0.4) is 0 Å². The number of ketones is 1. The number of amides is 2. The van der Waals surface area contributed by atoms with Gasteiger partial charge < -0.3 is 34.6 Å². The van der Waals surface area contributed by atoms with Crippen molar-refractivity contribution in [1.29, 1.82) is 0 Å². The van der Waals surface area contributed by atoms with Crippen LogP contribution in [0.4, 0.5) is 11.4 Å². The van der Waals surface area contributed by atoms with Crippen molar-refractivity contribution in [3.8, 4) is 17.0 Å². The molecule has 304 valence electrons. The van der Waals surface area contributed by atoms with E-state index in [-0.39, 0.29) is 35.8 Å². The van der Waals surface area contributed by atoms with Gasteiger partial charge in [-0.1, -0.05) is 36.4 Å². The number of hydrogen-bond donors (Lipinski definition) is 2. The second-order valence-corrected chi connectivity index (χ2v) is 17.0. The highest BCUT2D eigenvalue weighted by Crippen LogP contribution is 2.39. The summed E-state index contributed by atoms with van der Waals surface area (Å²) in [7, 11) is 3.92. The number of piperazine rings is 1. The highest BCUT2D eigenvalue weighted by Gasteiger charge is 2.35. The van der Waals surface area contributed by atoms with E-state index in [0.29, 0.717) is 29.9 Å². The summed E-state index contributed by atoms with van der Waals surface area (Å²) in [6.45, 7) is 8.06. The molecule has 2 atom stereocenters. The van der Waals surface area contributed by atoms with Gasteiger partial charge in [-0.25, -0.2) is 0 Å². The van der Waals surface area contributed by atoms with Gasteiger partial charge in [-0.15, -0.1) is 0 Å². The van der Waals surface area contributed by atoms with E-state index >= 15 is 4.79 Å². The molecule has 2 N–H and O–H groups in total. The number of phenolic OH excluding ortho intramolecular Hbond substituents is 1. The van der Waals surface area contributed by atoms with Gasteiger partial charge in [0.1, 0.15) is 5.75 Å². The zero-order valence-electron chi connectivity index (χ0n) is 34.4. The van der Waals surface area contributed by atoms with Gasteiger partial charge in [0.05, 0.1) is 11.6 Å². The Morgan fingerprint density at radius 1 is 0.814 bits per heavy atom. The molecule has 4 aliphatic rings. The molecule has 0 spiro atoms. The first kappa shape index (κ1) is 38.8. The Balaban J connectivity index is 1.09. The van der Waals surface area contributed by atoms with E-state index in [0.717, 1.165) is 104 Å². The minimum absolute atomic E-state index is 0.0250. The van der Waals surface area contributed by atoms with Crippen LogP contribution >= 0.6 is 0 Å². The number of carbonyl (C=O) groups is 3.